The number of esters is 4. The number of nitrogens with one attached hydrogen (secondary N) is 1. The highest BCUT2D eigenvalue weighted by Crippen LogP contribution is 2.13. The van der Waals surface area contributed by atoms with Crippen molar-refractivity contribution in [1.82, 2.24) is 0 Å². The summed E-state index contributed by atoms with van der Waals surface area (Å²) in [5, 5.41) is 0. The maximum Gasteiger partial charge on any atom is 0.345 e. The lowest BCUT2D eigenvalue weighted by molar-refractivity contribution is -0.801. The lowest BCUT2D eigenvalue weighted by Crippen LogP contribution is -3.00. The Hall–Kier alpha value is -2.94. The van der Waals surface area contributed by atoms with Gasteiger partial charge in [0.15, 0.2) is 0 Å². The van der Waals surface area contributed by atoms with E-state index in [4.69, 9.17) is 18.9 Å². The van der Waals surface area contributed by atoms with Crippen LogP contribution in [-0.4, -0.2) is 64.4 Å². The molecule has 0 aromatic heterocycles. The summed E-state index contributed by atoms with van der Waals surface area (Å²) in [7, 11) is 3.54. The van der Waals surface area contributed by atoms with Gasteiger partial charge in [-0.25, -0.2) is 19.2 Å². The maximum atomic E-state index is 12.2. The Labute approximate surface area is 170 Å². The van der Waals surface area contributed by atoms with Crippen LogP contribution in [0.3, 0.4) is 0 Å². The number of carbonyl (C=O) groups excluding carboxylic acids is 4. The van der Waals surface area contributed by atoms with Gasteiger partial charge < -0.3 is 23.8 Å². The Kier molecular flexibility index (Phi) is 12.7. The molecule has 29 heavy (non-hydrogen) atoms. The van der Waals surface area contributed by atoms with Gasteiger partial charge in [-0.15, -0.1) is 0 Å². The van der Waals surface area contributed by atoms with Gasteiger partial charge in [0.25, 0.3) is 0 Å². The number of ether oxygens (including phenoxy) is 4. The van der Waals surface area contributed by atoms with Crippen LogP contribution >= 0.6 is 0 Å². The van der Waals surface area contributed by atoms with Crippen LogP contribution in [-0.2, 0) is 38.1 Å². The van der Waals surface area contributed by atoms with Crippen molar-refractivity contribution in [2.75, 3.05) is 40.5 Å². The number of allylic oxidation sites excluding steroid dienone is 3. The molecule has 0 bridgehead atoms. The number of carbonyl (C=O) groups is 4. The van der Waals surface area contributed by atoms with Gasteiger partial charge in [-0.3, -0.25) is 0 Å². The van der Waals surface area contributed by atoms with Crippen LogP contribution in [0.2, 0.25) is 0 Å². The topological polar surface area (TPSA) is 110 Å². The van der Waals surface area contributed by atoms with E-state index in [1.165, 1.54) is 12.2 Å². The second-order valence-corrected chi connectivity index (χ2v) is 5.72. The standard InChI is InChI=1S/C20H29NO8/c1-7-26-17(22)15(18(23)27-8-2)11-14(13-21(5)6)12-16(19(24)28-9-3)20(25)29-10-4/h11-13H,7-10H2,1-6H3/p+1. The molecule has 9 nitrogen and oxygen atoms in total. The van der Waals surface area contributed by atoms with Gasteiger partial charge in [0, 0.05) is 5.57 Å². The van der Waals surface area contributed by atoms with Crippen LogP contribution in [0.15, 0.2) is 35.1 Å². The highest BCUT2D eigenvalue weighted by atomic mass is 16.6. The predicted molar refractivity (Wildman–Crippen MR) is 104 cm³/mol. The number of hydrogen-bond acceptors (Lipinski definition) is 8. The Morgan fingerprint density at radius 3 is 1.10 bits per heavy atom. The summed E-state index contributed by atoms with van der Waals surface area (Å²) in [5.74, 6) is -3.53. The first-order chi connectivity index (χ1) is 13.7. The smallest absolute Gasteiger partial charge is 0.345 e. The van der Waals surface area contributed by atoms with Crippen molar-refractivity contribution in [2.45, 2.75) is 27.7 Å². The van der Waals surface area contributed by atoms with Gasteiger partial charge in [-0.1, -0.05) is 0 Å². The van der Waals surface area contributed by atoms with Crippen LogP contribution in [0.4, 0.5) is 0 Å². The van der Waals surface area contributed by atoms with E-state index in [-0.39, 0.29) is 43.1 Å². The molecule has 0 radical (unpaired) electrons. The first-order valence-corrected chi connectivity index (χ1v) is 9.35. The van der Waals surface area contributed by atoms with Crippen molar-refractivity contribution < 1.29 is 43.0 Å². The van der Waals surface area contributed by atoms with Crippen LogP contribution in [0.25, 0.3) is 0 Å². The minimum Gasteiger partial charge on any atom is -0.462 e. The first kappa shape index (κ1) is 26.1. The normalized spacial score (nSPS) is 9.76. The van der Waals surface area contributed by atoms with Crippen LogP contribution in [0, 0.1) is 0 Å². The third kappa shape index (κ3) is 9.70. The largest absolute Gasteiger partial charge is 0.462 e. The zero-order valence-corrected chi connectivity index (χ0v) is 17.8. The summed E-state index contributed by atoms with van der Waals surface area (Å²) < 4.78 is 19.6. The molecule has 9 heteroatoms. The molecule has 0 amide bonds. The lowest BCUT2D eigenvalue weighted by Gasteiger charge is -2.09. The number of hydrogen-bond donors (Lipinski definition) is 1. The Balaban J connectivity index is 6.43. The zero-order valence-electron chi connectivity index (χ0n) is 17.8. The summed E-state index contributed by atoms with van der Waals surface area (Å²) in [6, 6.07) is 0. The molecule has 0 rings (SSSR count). The predicted octanol–water partition coefficient (Wildman–Crippen LogP) is 0.120. The van der Waals surface area contributed by atoms with Gasteiger partial charge in [-0.2, -0.15) is 0 Å². The van der Waals surface area contributed by atoms with E-state index in [1.807, 2.05) is 0 Å². The molecule has 0 fully saturated rings. The molecule has 0 aliphatic carbocycles. The Morgan fingerprint density at radius 1 is 0.621 bits per heavy atom. The molecule has 0 unspecified atom stereocenters. The molecule has 0 aliphatic heterocycles. The maximum absolute atomic E-state index is 12.2. The van der Waals surface area contributed by atoms with Gasteiger partial charge in [-0.05, 0) is 39.8 Å². The molecule has 0 atom stereocenters. The fraction of sp³-hybridized carbons (Fsp3) is 0.500. The molecule has 0 saturated carbocycles. The van der Waals surface area contributed by atoms with E-state index >= 15 is 0 Å². The van der Waals surface area contributed by atoms with Crippen molar-refractivity contribution in [3.8, 4) is 0 Å². The third-order valence-corrected chi connectivity index (χ3v) is 3.06. The second kappa shape index (κ2) is 14.1. The molecule has 0 aromatic carbocycles. The van der Waals surface area contributed by atoms with E-state index in [2.05, 4.69) is 0 Å². The van der Waals surface area contributed by atoms with Crippen molar-refractivity contribution in [3.63, 3.8) is 0 Å². The Bertz CT molecular complexity index is 597. The van der Waals surface area contributed by atoms with E-state index in [1.54, 1.807) is 48.0 Å². The van der Waals surface area contributed by atoms with Crippen LogP contribution in [0.1, 0.15) is 27.7 Å². The SMILES string of the molecule is CCOC(=O)C(=CC(=C[NH+](C)C)C=C(C(=O)OCC)C(=O)OCC)C(=O)OCC. The minimum atomic E-state index is -0.882. The molecule has 162 valence electrons. The molecule has 0 heterocycles. The Morgan fingerprint density at radius 2 is 0.897 bits per heavy atom. The summed E-state index contributed by atoms with van der Waals surface area (Å²) in [4.78, 5) is 49.6. The van der Waals surface area contributed by atoms with Gasteiger partial charge in [0.05, 0.1) is 40.5 Å². The molecular formula is C20H30NO8+. The van der Waals surface area contributed by atoms with E-state index < -0.39 is 23.9 Å². The van der Waals surface area contributed by atoms with Crippen molar-refractivity contribution in [1.29, 1.82) is 0 Å². The van der Waals surface area contributed by atoms with Crippen molar-refractivity contribution in [3.05, 3.63) is 35.1 Å². The molecular weight excluding hydrogens is 382 g/mol. The fourth-order valence-electron chi connectivity index (χ4n) is 2.03. The fourth-order valence-corrected chi connectivity index (χ4v) is 2.03. The summed E-state index contributed by atoms with van der Waals surface area (Å²) in [5.41, 5.74) is -0.522. The van der Waals surface area contributed by atoms with Gasteiger partial charge in [0.2, 0.25) is 0 Å². The minimum absolute atomic E-state index is 0.0559. The molecule has 0 spiro atoms. The van der Waals surface area contributed by atoms with Crippen LogP contribution in [0.5, 0.6) is 0 Å². The van der Waals surface area contributed by atoms with Gasteiger partial charge in [0.1, 0.15) is 17.3 Å². The molecule has 0 aromatic rings. The monoisotopic (exact) mass is 412 g/mol. The molecule has 0 aliphatic rings. The average molecular weight is 412 g/mol. The quantitative estimate of drug-likeness (QED) is 0.127. The van der Waals surface area contributed by atoms with E-state index in [0.29, 0.717) is 0 Å². The van der Waals surface area contributed by atoms with Gasteiger partial charge >= 0.3 is 23.9 Å². The summed E-state index contributed by atoms with van der Waals surface area (Å²) in [6.07, 6.45) is 3.97. The summed E-state index contributed by atoms with van der Waals surface area (Å²) in [6.45, 7) is 6.62. The average Bonchev–Trinajstić information content (AvgIpc) is 2.63. The van der Waals surface area contributed by atoms with Crippen LogP contribution < -0.4 is 4.90 Å². The second-order valence-electron chi connectivity index (χ2n) is 5.72. The third-order valence-electron chi connectivity index (χ3n) is 3.06. The number of quaternary nitrogens is 1. The molecule has 0 saturated heterocycles. The van der Waals surface area contributed by atoms with Crippen molar-refractivity contribution >= 4 is 23.9 Å². The molecule has 1 N–H and O–H groups in total. The van der Waals surface area contributed by atoms with Crippen molar-refractivity contribution in [2.24, 2.45) is 0 Å². The highest BCUT2D eigenvalue weighted by molar-refractivity contribution is 6.16. The summed E-state index contributed by atoms with van der Waals surface area (Å²) >= 11 is 0. The van der Waals surface area contributed by atoms with E-state index in [0.717, 1.165) is 4.90 Å². The first-order valence-electron chi connectivity index (χ1n) is 9.35. The lowest BCUT2D eigenvalue weighted by atomic mass is 10.1. The zero-order chi connectivity index (χ0) is 22.4. The highest BCUT2D eigenvalue weighted by Gasteiger charge is 2.24. The number of rotatable bonds is 11. The van der Waals surface area contributed by atoms with E-state index in [9.17, 15) is 19.2 Å².